The third-order valence-electron chi connectivity index (χ3n) is 3.57. The molecule has 0 amide bonds. The summed E-state index contributed by atoms with van der Waals surface area (Å²) in [6, 6.07) is 17.3. The molecule has 0 bridgehead atoms. The molecule has 1 unspecified atom stereocenters. The van der Waals surface area contributed by atoms with Crippen molar-refractivity contribution in [2.45, 2.75) is 25.9 Å². The van der Waals surface area contributed by atoms with E-state index in [1.807, 2.05) is 7.48 Å². The summed E-state index contributed by atoms with van der Waals surface area (Å²) in [5.74, 6) is 0.548. The van der Waals surface area contributed by atoms with Crippen LogP contribution in [-0.2, 0) is 17.7 Å². The fourth-order valence-electron chi connectivity index (χ4n) is 2.49. The van der Waals surface area contributed by atoms with Crippen molar-refractivity contribution >= 4 is 12.9 Å². The van der Waals surface area contributed by atoms with Crippen LogP contribution in [0.2, 0.25) is 0 Å². The van der Waals surface area contributed by atoms with E-state index < -0.39 is 0 Å². The summed E-state index contributed by atoms with van der Waals surface area (Å²) in [5.41, 5.74) is 5.32. The highest BCUT2D eigenvalue weighted by atomic mass is 16.4. The molecule has 1 atom stereocenters. The third-order valence-corrected chi connectivity index (χ3v) is 3.57. The predicted octanol–water partition coefficient (Wildman–Crippen LogP) is 2.81. The van der Waals surface area contributed by atoms with Gasteiger partial charge in [-0.2, -0.15) is 0 Å². The van der Waals surface area contributed by atoms with Gasteiger partial charge in [-0.25, -0.2) is 0 Å². The molecular weight excluding hydrogens is 219 g/mol. The molecule has 1 heterocycles. The highest BCUT2D eigenvalue weighted by molar-refractivity contribution is 6.48. The Hall–Kier alpha value is -1.54. The van der Waals surface area contributed by atoms with Crippen molar-refractivity contribution in [1.29, 1.82) is 0 Å². The van der Waals surface area contributed by atoms with Gasteiger partial charge in [0.05, 0.1) is 6.61 Å². The lowest BCUT2D eigenvalue weighted by Gasteiger charge is -2.12. The Morgan fingerprint density at radius 3 is 2.83 bits per heavy atom. The maximum atomic E-state index is 5.33. The second-order valence-corrected chi connectivity index (χ2v) is 4.98. The number of benzene rings is 2. The molecule has 1 nitrogen and oxygen atoms in total. The minimum absolute atomic E-state index is 0.548. The normalized spacial score (nSPS) is 14.9. The van der Waals surface area contributed by atoms with E-state index in [0.29, 0.717) is 5.92 Å². The zero-order valence-electron chi connectivity index (χ0n) is 10.6. The molecule has 89 valence electrons. The van der Waals surface area contributed by atoms with Crippen molar-refractivity contribution in [2.24, 2.45) is 0 Å². The molecular formula is C16H16BO. The van der Waals surface area contributed by atoms with E-state index in [1.54, 1.807) is 0 Å². The molecule has 1 radical (unpaired) electrons. The van der Waals surface area contributed by atoms with Gasteiger partial charge in [0.25, 0.3) is 0 Å². The van der Waals surface area contributed by atoms with Gasteiger partial charge < -0.3 is 4.65 Å². The standard InChI is InChI=1S/C16H16BO/c1-12(14-5-3-2-4-6-14)9-13-7-8-15-11-18-17-16(15)10-13/h2-8,10,12H,9,11H2,1H3. The van der Waals surface area contributed by atoms with Crippen LogP contribution in [0.4, 0.5) is 0 Å². The van der Waals surface area contributed by atoms with Crippen LogP contribution >= 0.6 is 0 Å². The Balaban J connectivity index is 1.77. The minimum atomic E-state index is 0.548. The molecule has 3 rings (SSSR count). The molecule has 0 fully saturated rings. The van der Waals surface area contributed by atoms with Crippen LogP contribution in [0.3, 0.4) is 0 Å². The zero-order chi connectivity index (χ0) is 12.4. The second kappa shape index (κ2) is 4.99. The van der Waals surface area contributed by atoms with Gasteiger partial charge in [-0.1, -0.05) is 55.5 Å². The fraction of sp³-hybridized carbons (Fsp3) is 0.250. The number of hydrogen-bond acceptors (Lipinski definition) is 1. The first-order valence-electron chi connectivity index (χ1n) is 6.44. The van der Waals surface area contributed by atoms with Crippen LogP contribution in [0.15, 0.2) is 48.5 Å². The second-order valence-electron chi connectivity index (χ2n) is 4.98. The molecule has 0 saturated carbocycles. The molecule has 0 aromatic heterocycles. The SMILES string of the molecule is CC(Cc1ccc2c(c1)[B]OC2)c1ccccc1. The summed E-state index contributed by atoms with van der Waals surface area (Å²) >= 11 is 0. The van der Waals surface area contributed by atoms with Gasteiger partial charge in [0.15, 0.2) is 0 Å². The van der Waals surface area contributed by atoms with E-state index in [-0.39, 0.29) is 0 Å². The van der Waals surface area contributed by atoms with Crippen LogP contribution in [0.1, 0.15) is 29.5 Å². The average molecular weight is 235 g/mol. The Kier molecular flexibility index (Phi) is 3.20. The molecule has 0 spiro atoms. The first-order valence-corrected chi connectivity index (χ1v) is 6.44. The first kappa shape index (κ1) is 11.5. The molecule has 2 heteroatoms. The van der Waals surface area contributed by atoms with E-state index in [0.717, 1.165) is 13.0 Å². The minimum Gasteiger partial charge on any atom is -0.430 e. The number of rotatable bonds is 3. The lowest BCUT2D eigenvalue weighted by atomic mass is 9.84. The van der Waals surface area contributed by atoms with Crippen LogP contribution in [0.5, 0.6) is 0 Å². The maximum Gasteiger partial charge on any atom is 0.330 e. The summed E-state index contributed by atoms with van der Waals surface area (Å²) in [6.45, 7) is 3.01. The summed E-state index contributed by atoms with van der Waals surface area (Å²) in [6.07, 6.45) is 1.07. The smallest absolute Gasteiger partial charge is 0.330 e. The van der Waals surface area contributed by atoms with E-state index in [4.69, 9.17) is 4.65 Å². The van der Waals surface area contributed by atoms with Crippen molar-refractivity contribution in [1.82, 2.24) is 0 Å². The van der Waals surface area contributed by atoms with Gasteiger partial charge in [-0.05, 0) is 34.5 Å². The van der Waals surface area contributed by atoms with Crippen LogP contribution in [0.25, 0.3) is 0 Å². The first-order chi connectivity index (χ1) is 8.83. The fourth-order valence-corrected chi connectivity index (χ4v) is 2.49. The zero-order valence-corrected chi connectivity index (χ0v) is 10.6. The summed E-state index contributed by atoms with van der Waals surface area (Å²) in [4.78, 5) is 0. The lowest BCUT2D eigenvalue weighted by molar-refractivity contribution is 0.345. The van der Waals surface area contributed by atoms with Gasteiger partial charge in [-0.15, -0.1) is 0 Å². The van der Waals surface area contributed by atoms with Crippen molar-refractivity contribution in [3.05, 3.63) is 65.2 Å². The van der Waals surface area contributed by atoms with Gasteiger partial charge in [0.2, 0.25) is 0 Å². The van der Waals surface area contributed by atoms with Gasteiger partial charge >= 0.3 is 7.48 Å². The summed E-state index contributed by atoms with van der Waals surface area (Å²) < 4.78 is 5.33. The van der Waals surface area contributed by atoms with E-state index in [9.17, 15) is 0 Å². The lowest BCUT2D eigenvalue weighted by Crippen LogP contribution is -2.13. The van der Waals surface area contributed by atoms with E-state index in [2.05, 4.69) is 55.5 Å². The summed E-state index contributed by atoms with van der Waals surface area (Å²) in [7, 11) is 1.87. The highest BCUT2D eigenvalue weighted by Gasteiger charge is 2.14. The Morgan fingerprint density at radius 2 is 2.00 bits per heavy atom. The topological polar surface area (TPSA) is 9.23 Å². The largest absolute Gasteiger partial charge is 0.430 e. The van der Waals surface area contributed by atoms with Crippen molar-refractivity contribution in [3.8, 4) is 0 Å². The van der Waals surface area contributed by atoms with Crippen LogP contribution in [0, 0.1) is 0 Å². The van der Waals surface area contributed by atoms with Gasteiger partial charge in [-0.3, -0.25) is 0 Å². The maximum absolute atomic E-state index is 5.33. The summed E-state index contributed by atoms with van der Waals surface area (Å²) in [5, 5.41) is 0. The highest BCUT2D eigenvalue weighted by Crippen LogP contribution is 2.20. The van der Waals surface area contributed by atoms with Gasteiger partial charge in [0.1, 0.15) is 0 Å². The predicted molar refractivity (Wildman–Crippen MR) is 75.2 cm³/mol. The molecule has 1 aliphatic rings. The quantitative estimate of drug-likeness (QED) is 0.743. The van der Waals surface area contributed by atoms with Gasteiger partial charge in [0, 0.05) is 0 Å². The van der Waals surface area contributed by atoms with Crippen molar-refractivity contribution < 1.29 is 4.65 Å². The van der Waals surface area contributed by atoms with Crippen molar-refractivity contribution in [3.63, 3.8) is 0 Å². The van der Waals surface area contributed by atoms with Crippen LogP contribution in [-0.4, -0.2) is 7.48 Å². The molecule has 2 aromatic carbocycles. The van der Waals surface area contributed by atoms with Crippen LogP contribution < -0.4 is 5.46 Å². The Bertz CT molecular complexity index is 536. The molecule has 1 aliphatic heterocycles. The van der Waals surface area contributed by atoms with E-state index >= 15 is 0 Å². The molecule has 2 aromatic rings. The molecule has 0 saturated heterocycles. The van der Waals surface area contributed by atoms with Crippen molar-refractivity contribution in [2.75, 3.05) is 0 Å². The number of hydrogen-bond donors (Lipinski definition) is 0. The molecule has 0 N–H and O–H groups in total. The monoisotopic (exact) mass is 235 g/mol. The van der Waals surface area contributed by atoms with E-state index in [1.165, 1.54) is 22.2 Å². The average Bonchev–Trinajstić information content (AvgIpc) is 2.87. The Morgan fingerprint density at radius 1 is 1.17 bits per heavy atom. The number of fused-ring (bicyclic) bond motifs is 1. The molecule has 18 heavy (non-hydrogen) atoms. The molecule has 0 aliphatic carbocycles. The Labute approximate surface area is 109 Å². The third kappa shape index (κ3) is 2.34.